The molecule has 1 amide bonds. The normalized spacial score (nSPS) is 11.9. The number of aliphatic hydroxyl groups excluding tert-OH is 1. The Morgan fingerprint density at radius 1 is 1.38 bits per heavy atom. The highest BCUT2D eigenvalue weighted by Crippen LogP contribution is 2.06. The van der Waals surface area contributed by atoms with Gasteiger partial charge in [-0.2, -0.15) is 0 Å². The first kappa shape index (κ1) is 12.2. The van der Waals surface area contributed by atoms with Crippen molar-refractivity contribution in [2.75, 3.05) is 6.54 Å². The highest BCUT2D eigenvalue weighted by Gasteiger charge is 2.15. The van der Waals surface area contributed by atoms with Crippen molar-refractivity contribution in [3.8, 4) is 0 Å². The van der Waals surface area contributed by atoms with Crippen LogP contribution in [0.2, 0.25) is 0 Å². The second-order valence-corrected chi connectivity index (χ2v) is 3.38. The molecule has 0 fully saturated rings. The quantitative estimate of drug-likeness (QED) is 0.679. The predicted octanol–water partition coefficient (Wildman–Crippen LogP) is 0.170. The Labute approximate surface area is 92.7 Å². The van der Waals surface area contributed by atoms with Gasteiger partial charge < -0.3 is 15.5 Å². The summed E-state index contributed by atoms with van der Waals surface area (Å²) in [6.45, 7) is 1.48. The van der Waals surface area contributed by atoms with Crippen molar-refractivity contribution in [2.24, 2.45) is 0 Å². The highest BCUT2D eigenvalue weighted by molar-refractivity contribution is 5.95. The van der Waals surface area contributed by atoms with E-state index >= 15 is 0 Å². The van der Waals surface area contributed by atoms with Gasteiger partial charge in [0, 0.05) is 5.56 Å². The number of nitrogens with one attached hydrogen (secondary N) is 1. The van der Waals surface area contributed by atoms with Gasteiger partial charge in [0.2, 0.25) is 0 Å². The van der Waals surface area contributed by atoms with E-state index in [-0.39, 0.29) is 6.54 Å². The van der Waals surface area contributed by atoms with Gasteiger partial charge in [0.05, 0.1) is 6.54 Å². The Bertz CT molecular complexity index is 403. The van der Waals surface area contributed by atoms with Crippen molar-refractivity contribution in [2.45, 2.75) is 13.0 Å². The summed E-state index contributed by atoms with van der Waals surface area (Å²) in [4.78, 5) is 21.9. The molecule has 0 saturated carbocycles. The summed E-state index contributed by atoms with van der Waals surface area (Å²) in [5, 5.41) is 19.7. The number of aryl methyl sites for hydroxylation is 1. The van der Waals surface area contributed by atoms with Crippen molar-refractivity contribution >= 4 is 11.9 Å². The summed E-state index contributed by atoms with van der Waals surface area (Å²) in [5.41, 5.74) is 1.27. The second-order valence-electron chi connectivity index (χ2n) is 3.38. The van der Waals surface area contributed by atoms with E-state index in [0.29, 0.717) is 5.56 Å². The minimum Gasteiger partial charge on any atom is -0.479 e. The predicted molar refractivity (Wildman–Crippen MR) is 57.2 cm³/mol. The highest BCUT2D eigenvalue weighted by atomic mass is 16.4. The zero-order valence-electron chi connectivity index (χ0n) is 8.80. The molecule has 1 atom stereocenters. The summed E-state index contributed by atoms with van der Waals surface area (Å²) in [6, 6.07) is 6.94. The number of amides is 1. The molecule has 0 aliphatic heterocycles. The van der Waals surface area contributed by atoms with Gasteiger partial charge in [-0.25, -0.2) is 4.79 Å². The van der Waals surface area contributed by atoms with Crippen molar-refractivity contribution in [3.05, 3.63) is 35.4 Å². The molecular formula is C11H13NO4. The molecule has 0 bridgehead atoms. The Morgan fingerprint density at radius 2 is 2.00 bits per heavy atom. The van der Waals surface area contributed by atoms with Gasteiger partial charge >= 0.3 is 5.97 Å². The zero-order valence-corrected chi connectivity index (χ0v) is 8.80. The molecule has 16 heavy (non-hydrogen) atoms. The van der Waals surface area contributed by atoms with Gasteiger partial charge in [0.15, 0.2) is 6.10 Å². The van der Waals surface area contributed by atoms with Crippen LogP contribution in [0.1, 0.15) is 15.9 Å². The second kappa shape index (κ2) is 5.27. The molecule has 1 unspecified atom stereocenters. The van der Waals surface area contributed by atoms with Gasteiger partial charge in [-0.3, -0.25) is 4.79 Å². The smallest absolute Gasteiger partial charge is 0.334 e. The summed E-state index contributed by atoms with van der Waals surface area (Å²) in [6.07, 6.45) is -1.58. The summed E-state index contributed by atoms with van der Waals surface area (Å²) in [5.74, 6) is -1.75. The van der Waals surface area contributed by atoms with Crippen molar-refractivity contribution in [3.63, 3.8) is 0 Å². The molecule has 0 radical (unpaired) electrons. The first-order valence-corrected chi connectivity index (χ1v) is 4.77. The Kier molecular flexibility index (Phi) is 4.02. The number of aliphatic carboxylic acids is 1. The molecule has 0 aromatic heterocycles. The van der Waals surface area contributed by atoms with Crippen molar-refractivity contribution in [1.29, 1.82) is 0 Å². The lowest BCUT2D eigenvalue weighted by Crippen LogP contribution is -2.36. The summed E-state index contributed by atoms with van der Waals surface area (Å²) < 4.78 is 0. The average molecular weight is 223 g/mol. The lowest BCUT2D eigenvalue weighted by molar-refractivity contribution is -0.146. The number of hydrogen-bond donors (Lipinski definition) is 3. The number of carboxylic acid groups (broad SMARTS) is 1. The van der Waals surface area contributed by atoms with Crippen LogP contribution < -0.4 is 5.32 Å². The molecule has 0 aliphatic carbocycles. The van der Waals surface area contributed by atoms with Crippen LogP contribution in [0.4, 0.5) is 0 Å². The van der Waals surface area contributed by atoms with Crippen LogP contribution in [-0.4, -0.2) is 34.7 Å². The minimum absolute atomic E-state index is 0.303. The fraction of sp³-hybridized carbons (Fsp3) is 0.273. The molecular weight excluding hydrogens is 210 g/mol. The number of hydrogen-bond acceptors (Lipinski definition) is 3. The molecule has 86 valence electrons. The Morgan fingerprint density at radius 3 is 2.56 bits per heavy atom. The van der Waals surface area contributed by atoms with Crippen LogP contribution in [0.3, 0.4) is 0 Å². The molecule has 0 heterocycles. The molecule has 0 spiro atoms. The van der Waals surface area contributed by atoms with Crippen LogP contribution in [-0.2, 0) is 4.79 Å². The van der Waals surface area contributed by atoms with Crippen molar-refractivity contribution < 1.29 is 19.8 Å². The fourth-order valence-corrected chi connectivity index (χ4v) is 1.20. The Hall–Kier alpha value is -1.88. The monoisotopic (exact) mass is 223 g/mol. The maximum absolute atomic E-state index is 11.6. The molecule has 1 aromatic carbocycles. The van der Waals surface area contributed by atoms with Gasteiger partial charge in [0.1, 0.15) is 0 Å². The molecule has 0 aliphatic rings. The van der Waals surface area contributed by atoms with Crippen LogP contribution in [0.25, 0.3) is 0 Å². The van der Waals surface area contributed by atoms with E-state index in [2.05, 4.69) is 5.32 Å². The third kappa shape index (κ3) is 3.06. The van der Waals surface area contributed by atoms with E-state index in [1.807, 2.05) is 0 Å². The molecule has 5 heteroatoms. The lowest BCUT2D eigenvalue weighted by atomic mass is 10.1. The number of aliphatic hydroxyl groups is 1. The van der Waals surface area contributed by atoms with E-state index in [0.717, 1.165) is 5.56 Å². The zero-order chi connectivity index (χ0) is 12.1. The van der Waals surface area contributed by atoms with E-state index in [4.69, 9.17) is 10.2 Å². The van der Waals surface area contributed by atoms with Crippen LogP contribution >= 0.6 is 0 Å². The maximum Gasteiger partial charge on any atom is 0.334 e. The van der Waals surface area contributed by atoms with Gasteiger partial charge in [-0.1, -0.05) is 18.2 Å². The topological polar surface area (TPSA) is 86.6 Å². The largest absolute Gasteiger partial charge is 0.479 e. The number of carboxylic acids is 1. The minimum atomic E-state index is -1.58. The number of rotatable bonds is 4. The Balaban J connectivity index is 2.60. The fourth-order valence-electron chi connectivity index (χ4n) is 1.20. The SMILES string of the molecule is Cc1ccccc1C(=O)NCC(O)C(=O)O. The van der Waals surface area contributed by atoms with Gasteiger partial charge in [-0.05, 0) is 18.6 Å². The molecule has 0 saturated heterocycles. The standard InChI is InChI=1S/C11H13NO4/c1-7-4-2-3-5-8(7)10(14)12-6-9(13)11(15)16/h2-5,9,13H,6H2,1H3,(H,12,14)(H,15,16). The summed E-state index contributed by atoms with van der Waals surface area (Å²) in [7, 11) is 0. The van der Waals surface area contributed by atoms with E-state index < -0.39 is 18.0 Å². The van der Waals surface area contributed by atoms with Crippen molar-refractivity contribution in [1.82, 2.24) is 5.32 Å². The third-order valence-electron chi connectivity index (χ3n) is 2.13. The molecule has 3 N–H and O–H groups in total. The first-order valence-electron chi connectivity index (χ1n) is 4.77. The van der Waals surface area contributed by atoms with Gasteiger partial charge in [-0.15, -0.1) is 0 Å². The maximum atomic E-state index is 11.6. The molecule has 5 nitrogen and oxygen atoms in total. The lowest BCUT2D eigenvalue weighted by Gasteiger charge is -2.09. The molecule has 1 rings (SSSR count). The van der Waals surface area contributed by atoms with Crippen LogP contribution in [0.5, 0.6) is 0 Å². The van der Waals surface area contributed by atoms with E-state index in [1.165, 1.54) is 0 Å². The first-order chi connectivity index (χ1) is 7.52. The molecule has 1 aromatic rings. The number of carbonyl (C=O) groups is 2. The van der Waals surface area contributed by atoms with E-state index in [9.17, 15) is 9.59 Å². The van der Waals surface area contributed by atoms with Crippen LogP contribution in [0.15, 0.2) is 24.3 Å². The average Bonchev–Trinajstić information content (AvgIpc) is 2.25. The number of carbonyl (C=O) groups excluding carboxylic acids is 1. The summed E-state index contributed by atoms with van der Waals surface area (Å²) >= 11 is 0. The van der Waals surface area contributed by atoms with E-state index in [1.54, 1.807) is 31.2 Å². The van der Waals surface area contributed by atoms with Crippen LogP contribution in [0, 0.1) is 6.92 Å². The van der Waals surface area contributed by atoms with Gasteiger partial charge in [0.25, 0.3) is 5.91 Å². The number of benzene rings is 1. The third-order valence-corrected chi connectivity index (χ3v) is 2.13.